The lowest BCUT2D eigenvalue weighted by molar-refractivity contribution is -0.900. The molecule has 1 aliphatic heterocycles. The molecule has 1 heterocycles. The summed E-state index contributed by atoms with van der Waals surface area (Å²) >= 11 is 0. The molecule has 1 aliphatic rings. The lowest BCUT2D eigenvalue weighted by Gasteiger charge is -2.36. The van der Waals surface area contributed by atoms with Crippen molar-refractivity contribution in [2.24, 2.45) is 0 Å². The van der Waals surface area contributed by atoms with E-state index in [1.165, 1.54) is 96.3 Å². The number of aliphatic hydroxyl groups is 1. The highest BCUT2D eigenvalue weighted by Crippen LogP contribution is 2.23. The van der Waals surface area contributed by atoms with Crippen LogP contribution in [0.25, 0.3) is 0 Å². The molecule has 3 nitrogen and oxygen atoms in total. The van der Waals surface area contributed by atoms with E-state index in [2.05, 4.69) is 43.7 Å². The van der Waals surface area contributed by atoms with E-state index in [4.69, 9.17) is 0 Å². The van der Waals surface area contributed by atoms with Gasteiger partial charge in [-0.05, 0) is 32.6 Å². The van der Waals surface area contributed by atoms with Gasteiger partial charge in [-0.15, -0.1) is 0 Å². The molecule has 0 fully saturated rings. The second kappa shape index (κ2) is 17.1. The Morgan fingerprint density at radius 3 is 1.96 bits per heavy atom. The van der Waals surface area contributed by atoms with Crippen molar-refractivity contribution in [1.82, 2.24) is 5.32 Å². The number of unbranched alkanes of at least 4 members (excludes halogenated alkanes) is 12. The van der Waals surface area contributed by atoms with Gasteiger partial charge in [-0.1, -0.05) is 83.3 Å². The highest BCUT2D eigenvalue weighted by atomic mass is 16.3. The van der Waals surface area contributed by atoms with Crippen LogP contribution in [0.3, 0.4) is 0 Å². The predicted octanol–water partition coefficient (Wildman–Crippen LogP) is 6.64. The van der Waals surface area contributed by atoms with Gasteiger partial charge in [-0.25, -0.2) is 0 Å². The molecule has 0 amide bonds. The molecule has 2 atom stereocenters. The molecular formula is C25H49N2O+. The van der Waals surface area contributed by atoms with Crippen LogP contribution in [0.1, 0.15) is 110 Å². The largest absolute Gasteiger partial charge is 0.390 e. The lowest BCUT2D eigenvalue weighted by atomic mass is 10.0. The molecule has 2 unspecified atom stereocenters. The Bertz CT molecular complexity index is 407. The normalized spacial score (nSPS) is 21.6. The summed E-state index contributed by atoms with van der Waals surface area (Å²) < 4.78 is 0.908. The molecule has 0 radical (unpaired) electrons. The van der Waals surface area contributed by atoms with Crippen LogP contribution in [0, 0.1) is 0 Å². The van der Waals surface area contributed by atoms with Gasteiger partial charge in [0.25, 0.3) is 0 Å². The van der Waals surface area contributed by atoms with E-state index in [-0.39, 0.29) is 6.61 Å². The van der Waals surface area contributed by atoms with E-state index in [1.54, 1.807) is 0 Å². The summed E-state index contributed by atoms with van der Waals surface area (Å²) in [7, 11) is 0. The number of nitrogens with one attached hydrogen (secondary N) is 1. The number of hydrogen-bond acceptors (Lipinski definition) is 2. The van der Waals surface area contributed by atoms with Crippen LogP contribution in [0.5, 0.6) is 0 Å². The number of rotatable bonds is 19. The van der Waals surface area contributed by atoms with Gasteiger partial charge in [-0.3, -0.25) is 4.48 Å². The monoisotopic (exact) mass is 393 g/mol. The summed E-state index contributed by atoms with van der Waals surface area (Å²) in [5.41, 5.74) is 0. The molecule has 0 saturated heterocycles. The number of allylic oxidation sites excluding steroid dienone is 2. The van der Waals surface area contributed by atoms with E-state index in [1.807, 2.05) is 0 Å². The molecule has 0 aliphatic carbocycles. The Kier molecular flexibility index (Phi) is 15.4. The molecule has 0 aromatic rings. The third-order valence-corrected chi connectivity index (χ3v) is 6.36. The lowest BCUT2D eigenvalue weighted by Crippen LogP contribution is -2.54. The third kappa shape index (κ3) is 10.7. The van der Waals surface area contributed by atoms with Crippen molar-refractivity contribution in [3.8, 4) is 0 Å². The summed E-state index contributed by atoms with van der Waals surface area (Å²) in [4.78, 5) is 0. The molecule has 0 saturated carbocycles. The fourth-order valence-electron chi connectivity index (χ4n) is 4.39. The van der Waals surface area contributed by atoms with Crippen molar-refractivity contribution < 1.29 is 9.59 Å². The summed E-state index contributed by atoms with van der Waals surface area (Å²) in [5, 5.41) is 12.9. The Labute approximate surface area is 175 Å². The molecule has 0 aromatic heterocycles. The van der Waals surface area contributed by atoms with Crippen LogP contribution >= 0.6 is 0 Å². The van der Waals surface area contributed by atoms with Gasteiger partial charge in [0.2, 0.25) is 0 Å². The van der Waals surface area contributed by atoms with Crippen molar-refractivity contribution in [2.75, 3.05) is 19.7 Å². The van der Waals surface area contributed by atoms with Gasteiger partial charge >= 0.3 is 0 Å². The highest BCUT2D eigenvalue weighted by molar-refractivity contribution is 4.84. The Morgan fingerprint density at radius 1 is 0.821 bits per heavy atom. The zero-order valence-corrected chi connectivity index (χ0v) is 19.0. The van der Waals surface area contributed by atoms with Crippen molar-refractivity contribution in [3.05, 3.63) is 24.6 Å². The molecule has 164 valence electrons. The maximum absolute atomic E-state index is 9.37. The van der Waals surface area contributed by atoms with E-state index < -0.39 is 0 Å². The zero-order chi connectivity index (χ0) is 20.3. The van der Waals surface area contributed by atoms with Crippen LogP contribution in [-0.4, -0.2) is 35.5 Å². The first-order valence-electron chi connectivity index (χ1n) is 12.3. The maximum Gasteiger partial charge on any atom is 0.166 e. The van der Waals surface area contributed by atoms with Crippen LogP contribution in [0.2, 0.25) is 0 Å². The molecule has 0 aromatic carbocycles. The van der Waals surface area contributed by atoms with Gasteiger partial charge in [0, 0.05) is 6.42 Å². The summed E-state index contributed by atoms with van der Waals surface area (Å²) in [5.74, 6) is 0. The minimum absolute atomic E-state index is 0.270. The van der Waals surface area contributed by atoms with Gasteiger partial charge in [0.05, 0.1) is 19.4 Å². The zero-order valence-electron chi connectivity index (χ0n) is 19.0. The molecule has 0 bridgehead atoms. The molecule has 1 rings (SSSR count). The van der Waals surface area contributed by atoms with E-state index in [9.17, 15) is 5.11 Å². The maximum atomic E-state index is 9.37. The quantitative estimate of drug-likeness (QED) is 0.146. The van der Waals surface area contributed by atoms with Crippen molar-refractivity contribution in [2.45, 2.75) is 116 Å². The predicted molar refractivity (Wildman–Crippen MR) is 123 cm³/mol. The number of aliphatic hydroxyl groups excluding tert-OH is 1. The van der Waals surface area contributed by atoms with Gasteiger partial charge in [0.1, 0.15) is 12.7 Å². The second-order valence-electron chi connectivity index (χ2n) is 8.59. The van der Waals surface area contributed by atoms with Crippen LogP contribution in [-0.2, 0) is 0 Å². The summed E-state index contributed by atoms with van der Waals surface area (Å²) in [6.07, 6.45) is 29.9. The fourth-order valence-corrected chi connectivity index (χ4v) is 4.39. The highest BCUT2D eigenvalue weighted by Gasteiger charge is 2.35. The number of hydrogen-bond donors (Lipinski definition) is 2. The van der Waals surface area contributed by atoms with E-state index in [0.717, 1.165) is 17.6 Å². The molecular weight excluding hydrogens is 344 g/mol. The fraction of sp³-hybridized carbons (Fsp3) is 0.840. The minimum Gasteiger partial charge on any atom is -0.390 e. The van der Waals surface area contributed by atoms with E-state index >= 15 is 0 Å². The van der Waals surface area contributed by atoms with Crippen molar-refractivity contribution >= 4 is 0 Å². The van der Waals surface area contributed by atoms with Crippen LogP contribution in [0.15, 0.2) is 24.6 Å². The second-order valence-corrected chi connectivity index (χ2v) is 8.59. The van der Waals surface area contributed by atoms with Crippen LogP contribution < -0.4 is 5.32 Å². The SMILES string of the molecule is CCC/C=C/CCCCCCCCCCCCCC1NC=C[N+]1(CC)CCO. The molecule has 0 spiro atoms. The minimum atomic E-state index is 0.270. The summed E-state index contributed by atoms with van der Waals surface area (Å²) in [6, 6.07) is 0. The van der Waals surface area contributed by atoms with Gasteiger partial charge in [0.15, 0.2) is 6.17 Å². The Morgan fingerprint density at radius 2 is 1.39 bits per heavy atom. The first-order chi connectivity index (χ1) is 13.8. The van der Waals surface area contributed by atoms with Gasteiger partial charge < -0.3 is 10.4 Å². The Balaban J connectivity index is 1.87. The smallest absolute Gasteiger partial charge is 0.166 e. The summed E-state index contributed by atoms with van der Waals surface area (Å²) in [6.45, 7) is 6.63. The average molecular weight is 394 g/mol. The Hall–Kier alpha value is -0.800. The van der Waals surface area contributed by atoms with Crippen LogP contribution in [0.4, 0.5) is 0 Å². The molecule has 28 heavy (non-hydrogen) atoms. The van der Waals surface area contributed by atoms with Crippen molar-refractivity contribution in [1.29, 1.82) is 0 Å². The third-order valence-electron chi connectivity index (χ3n) is 6.36. The number of nitrogens with zero attached hydrogens (tertiary/aromatic N) is 1. The molecule has 2 N–H and O–H groups in total. The first kappa shape index (κ1) is 25.2. The number of likely N-dealkylation sites (N-methyl/N-ethyl adjacent to an activating group) is 1. The average Bonchev–Trinajstić information content (AvgIpc) is 3.11. The van der Waals surface area contributed by atoms with E-state index in [0.29, 0.717) is 6.17 Å². The first-order valence-corrected chi connectivity index (χ1v) is 12.3. The van der Waals surface area contributed by atoms with Gasteiger partial charge in [-0.2, -0.15) is 0 Å². The topological polar surface area (TPSA) is 32.3 Å². The molecule has 3 heteroatoms. The standard InChI is InChI=1S/C25H49N2O/c1-3-5-6-7-8-9-10-11-12-13-14-15-16-17-18-19-20-25-26-21-22-27(25,4-2)23-24-28/h6-7,21-22,25-26,28H,3-5,8-20,23-24H2,1-2H3/q+1/b7-6+. The number of quaternary nitrogens is 1. The van der Waals surface area contributed by atoms with Crippen molar-refractivity contribution in [3.63, 3.8) is 0 Å².